The molecule has 1 unspecified atom stereocenters. The van der Waals surface area contributed by atoms with Crippen molar-refractivity contribution >= 4 is 0 Å². The van der Waals surface area contributed by atoms with Crippen LogP contribution in [0.2, 0.25) is 0 Å². The van der Waals surface area contributed by atoms with E-state index in [2.05, 4.69) is 60.2 Å². The summed E-state index contributed by atoms with van der Waals surface area (Å²) < 4.78 is 2.36. The molecule has 20 heavy (non-hydrogen) atoms. The maximum absolute atomic E-state index is 6.05. The van der Waals surface area contributed by atoms with Crippen LogP contribution in [0.25, 0.3) is 0 Å². The Hall–Kier alpha value is -1.54. The molecule has 108 valence electrons. The molecule has 1 aromatic heterocycles. The topological polar surface area (TPSA) is 30.9 Å². The molecule has 1 aromatic carbocycles. The molecule has 0 saturated heterocycles. The fourth-order valence-corrected chi connectivity index (χ4v) is 2.52. The zero-order valence-corrected chi connectivity index (χ0v) is 12.5. The number of hydrogen-bond donors (Lipinski definition) is 1. The van der Waals surface area contributed by atoms with E-state index in [1.807, 2.05) is 0 Å². The quantitative estimate of drug-likeness (QED) is 0.727. The van der Waals surface area contributed by atoms with E-state index in [1.54, 1.807) is 0 Å². The van der Waals surface area contributed by atoms with E-state index in [0.29, 0.717) is 0 Å². The molecule has 0 aliphatic heterocycles. The van der Waals surface area contributed by atoms with Crippen molar-refractivity contribution in [2.45, 2.75) is 51.6 Å². The maximum atomic E-state index is 6.05. The second-order valence-corrected chi connectivity index (χ2v) is 5.51. The Morgan fingerprint density at radius 3 is 2.60 bits per heavy atom. The van der Waals surface area contributed by atoms with Gasteiger partial charge in [0.2, 0.25) is 0 Å². The summed E-state index contributed by atoms with van der Waals surface area (Å²) in [4.78, 5) is 0. The van der Waals surface area contributed by atoms with E-state index in [-0.39, 0.29) is 6.04 Å². The van der Waals surface area contributed by atoms with Crippen LogP contribution in [0.15, 0.2) is 48.7 Å². The van der Waals surface area contributed by atoms with Gasteiger partial charge in [-0.3, -0.25) is 0 Å². The summed E-state index contributed by atoms with van der Waals surface area (Å²) in [6, 6.07) is 15.3. The second kappa shape index (κ2) is 7.91. The molecule has 0 bridgehead atoms. The molecule has 0 spiro atoms. The monoisotopic (exact) mass is 270 g/mol. The summed E-state index contributed by atoms with van der Waals surface area (Å²) in [7, 11) is 0. The van der Waals surface area contributed by atoms with E-state index < -0.39 is 0 Å². The Morgan fingerprint density at radius 1 is 1.05 bits per heavy atom. The summed E-state index contributed by atoms with van der Waals surface area (Å²) in [5.41, 5.74) is 8.86. The first-order chi connectivity index (χ1) is 9.79. The Labute approximate surface area is 122 Å². The Kier molecular flexibility index (Phi) is 5.87. The summed E-state index contributed by atoms with van der Waals surface area (Å²) in [6.07, 6.45) is 7.84. The maximum Gasteiger partial charge on any atom is 0.0222 e. The van der Waals surface area contributed by atoms with Crippen LogP contribution in [-0.2, 0) is 19.4 Å². The van der Waals surface area contributed by atoms with Crippen LogP contribution in [0.5, 0.6) is 0 Å². The second-order valence-electron chi connectivity index (χ2n) is 5.51. The van der Waals surface area contributed by atoms with Crippen LogP contribution in [-0.4, -0.2) is 10.6 Å². The lowest BCUT2D eigenvalue weighted by molar-refractivity contribution is 0.562. The third-order valence-electron chi connectivity index (χ3n) is 3.88. The normalized spacial score (nSPS) is 12.5. The minimum Gasteiger partial charge on any atom is -0.351 e. The molecule has 0 radical (unpaired) electrons. The zero-order valence-electron chi connectivity index (χ0n) is 12.5. The smallest absolute Gasteiger partial charge is 0.0222 e. The van der Waals surface area contributed by atoms with Crippen LogP contribution in [0.1, 0.15) is 37.4 Å². The van der Waals surface area contributed by atoms with Gasteiger partial charge < -0.3 is 10.3 Å². The van der Waals surface area contributed by atoms with Gasteiger partial charge in [0.1, 0.15) is 0 Å². The third kappa shape index (κ3) is 4.53. The molecular formula is C18H26N2. The van der Waals surface area contributed by atoms with Gasteiger partial charge in [-0.15, -0.1) is 0 Å². The van der Waals surface area contributed by atoms with E-state index in [0.717, 1.165) is 19.4 Å². The third-order valence-corrected chi connectivity index (χ3v) is 3.88. The number of hydrogen-bond acceptors (Lipinski definition) is 1. The molecule has 2 aromatic rings. The fraction of sp³-hybridized carbons (Fsp3) is 0.444. The predicted molar refractivity (Wildman–Crippen MR) is 85.8 cm³/mol. The van der Waals surface area contributed by atoms with Crippen LogP contribution in [0.3, 0.4) is 0 Å². The number of rotatable bonds is 8. The van der Waals surface area contributed by atoms with Gasteiger partial charge in [0, 0.05) is 30.9 Å². The Bertz CT molecular complexity index is 487. The molecule has 2 rings (SSSR count). The van der Waals surface area contributed by atoms with Crippen molar-refractivity contribution in [1.82, 2.24) is 4.57 Å². The molecule has 2 nitrogen and oxygen atoms in total. The molecule has 0 saturated carbocycles. The first-order valence-corrected chi connectivity index (χ1v) is 7.73. The first kappa shape index (κ1) is 14.9. The van der Waals surface area contributed by atoms with Gasteiger partial charge in [0.05, 0.1) is 0 Å². The highest BCUT2D eigenvalue weighted by atomic mass is 15.0. The lowest BCUT2D eigenvalue weighted by atomic mass is 10.1. The van der Waals surface area contributed by atoms with Crippen LogP contribution in [0.4, 0.5) is 0 Å². The van der Waals surface area contributed by atoms with Crippen LogP contribution >= 0.6 is 0 Å². The number of benzene rings is 1. The summed E-state index contributed by atoms with van der Waals surface area (Å²) in [5.74, 6) is 0. The number of nitrogens with zero attached hydrogens (tertiary/aromatic N) is 1. The van der Waals surface area contributed by atoms with Crippen molar-refractivity contribution < 1.29 is 0 Å². The highest BCUT2D eigenvalue weighted by Crippen LogP contribution is 2.10. The summed E-state index contributed by atoms with van der Waals surface area (Å²) >= 11 is 0. The minimum atomic E-state index is 0.285. The van der Waals surface area contributed by atoms with Gasteiger partial charge in [-0.25, -0.2) is 0 Å². The molecule has 2 heteroatoms. The van der Waals surface area contributed by atoms with Crippen LogP contribution in [0, 0.1) is 0 Å². The number of nitrogens with two attached hydrogens (primary N) is 1. The van der Waals surface area contributed by atoms with E-state index >= 15 is 0 Å². The van der Waals surface area contributed by atoms with Gasteiger partial charge in [-0.05, 0) is 43.4 Å². The zero-order chi connectivity index (χ0) is 14.2. The van der Waals surface area contributed by atoms with Crippen LogP contribution < -0.4 is 5.73 Å². The van der Waals surface area contributed by atoms with Crippen molar-refractivity contribution in [2.75, 3.05) is 0 Å². The standard InChI is InChI=1S/C18H26N2/c1-2-17(19)15-18-12-8-14-20(18)13-7-6-11-16-9-4-3-5-10-16/h3-5,8-10,12,14,17H,2,6-7,11,13,15,19H2,1H3. The van der Waals surface area contributed by atoms with Crippen molar-refractivity contribution in [3.63, 3.8) is 0 Å². The minimum absolute atomic E-state index is 0.285. The molecule has 0 aliphatic carbocycles. The van der Waals surface area contributed by atoms with Crippen molar-refractivity contribution in [3.05, 3.63) is 59.9 Å². The van der Waals surface area contributed by atoms with E-state index in [9.17, 15) is 0 Å². The number of aromatic nitrogens is 1. The molecule has 0 aliphatic rings. The molecular weight excluding hydrogens is 244 g/mol. The molecule has 0 amide bonds. The molecule has 0 fully saturated rings. The highest BCUT2D eigenvalue weighted by Gasteiger charge is 2.05. The molecule has 1 atom stereocenters. The number of unbranched alkanes of at least 4 members (excludes halogenated alkanes) is 1. The summed E-state index contributed by atoms with van der Waals surface area (Å²) in [6.45, 7) is 3.25. The van der Waals surface area contributed by atoms with Gasteiger partial charge in [0.15, 0.2) is 0 Å². The lowest BCUT2D eigenvalue weighted by Crippen LogP contribution is -2.23. The van der Waals surface area contributed by atoms with Crippen molar-refractivity contribution in [1.29, 1.82) is 0 Å². The van der Waals surface area contributed by atoms with Gasteiger partial charge in [-0.1, -0.05) is 37.3 Å². The van der Waals surface area contributed by atoms with E-state index in [4.69, 9.17) is 5.73 Å². The summed E-state index contributed by atoms with van der Waals surface area (Å²) in [5, 5.41) is 0. The van der Waals surface area contributed by atoms with Gasteiger partial charge in [-0.2, -0.15) is 0 Å². The average Bonchev–Trinajstić information content (AvgIpc) is 2.92. The van der Waals surface area contributed by atoms with Gasteiger partial charge >= 0.3 is 0 Å². The van der Waals surface area contributed by atoms with Crippen molar-refractivity contribution in [2.24, 2.45) is 5.73 Å². The Morgan fingerprint density at radius 2 is 1.85 bits per heavy atom. The van der Waals surface area contributed by atoms with Crippen molar-refractivity contribution in [3.8, 4) is 0 Å². The fourth-order valence-electron chi connectivity index (χ4n) is 2.52. The SMILES string of the molecule is CCC(N)Cc1cccn1CCCCc1ccccc1. The largest absolute Gasteiger partial charge is 0.351 e. The number of aryl methyl sites for hydroxylation is 2. The highest BCUT2D eigenvalue weighted by molar-refractivity contribution is 5.14. The predicted octanol–water partition coefficient (Wildman–Crippen LogP) is 3.79. The molecule has 1 heterocycles. The molecule has 2 N–H and O–H groups in total. The van der Waals surface area contributed by atoms with E-state index in [1.165, 1.54) is 30.5 Å². The average molecular weight is 270 g/mol. The lowest BCUT2D eigenvalue weighted by Gasteiger charge is -2.12. The first-order valence-electron chi connectivity index (χ1n) is 7.73. The Balaban J connectivity index is 1.75. The van der Waals surface area contributed by atoms with Gasteiger partial charge in [0.25, 0.3) is 0 Å².